The van der Waals surface area contributed by atoms with E-state index in [-0.39, 0.29) is 24.5 Å². The second kappa shape index (κ2) is 7.25. The molecule has 0 amide bonds. The first-order valence-corrected chi connectivity index (χ1v) is 7.65. The Morgan fingerprint density at radius 3 is 2.76 bits per heavy atom. The van der Waals surface area contributed by atoms with Crippen LogP contribution in [-0.2, 0) is 0 Å². The number of rotatable bonds is 5. The predicted octanol–water partition coefficient (Wildman–Crippen LogP) is 2.77. The van der Waals surface area contributed by atoms with E-state index < -0.39 is 0 Å². The van der Waals surface area contributed by atoms with E-state index >= 15 is 0 Å². The minimum atomic E-state index is -0.337. The first kappa shape index (κ1) is 16.3. The average molecular weight is 312 g/mol. The zero-order valence-electron chi connectivity index (χ0n) is 12.5. The van der Waals surface area contributed by atoms with Crippen molar-refractivity contribution >= 4 is 17.4 Å². The molecule has 2 rings (SSSR count). The maximum Gasteiger partial charge on any atom is 0.176 e. The van der Waals surface area contributed by atoms with Gasteiger partial charge in [-0.2, -0.15) is 0 Å². The molecule has 0 bridgehead atoms. The maximum atomic E-state index is 12.3. The van der Waals surface area contributed by atoms with Crippen LogP contribution in [0.3, 0.4) is 0 Å². The molecule has 1 N–H and O–H groups in total. The number of benzene rings is 1. The van der Waals surface area contributed by atoms with Crippen molar-refractivity contribution in [2.24, 2.45) is 0 Å². The van der Waals surface area contributed by atoms with Gasteiger partial charge >= 0.3 is 0 Å². The molecule has 1 aromatic rings. The minimum Gasteiger partial charge on any atom is -0.495 e. The molecule has 2 atom stereocenters. The SMILES string of the molecule is COc1ccc(C(=O)CN(C)C2CCCCC2O)cc1Cl. The summed E-state index contributed by atoms with van der Waals surface area (Å²) in [6, 6.07) is 5.12. The summed E-state index contributed by atoms with van der Waals surface area (Å²) < 4.78 is 5.08. The molecule has 4 nitrogen and oxygen atoms in total. The molecule has 0 aliphatic heterocycles. The van der Waals surface area contributed by atoms with E-state index in [0.29, 0.717) is 16.3 Å². The number of hydrogen-bond donors (Lipinski definition) is 1. The third kappa shape index (κ3) is 3.96. The zero-order valence-corrected chi connectivity index (χ0v) is 13.3. The summed E-state index contributed by atoms with van der Waals surface area (Å²) in [7, 11) is 3.43. The van der Waals surface area contributed by atoms with Crippen LogP contribution >= 0.6 is 11.6 Å². The molecule has 116 valence electrons. The van der Waals surface area contributed by atoms with Crippen molar-refractivity contribution in [2.75, 3.05) is 20.7 Å². The highest BCUT2D eigenvalue weighted by molar-refractivity contribution is 6.32. The molecule has 2 unspecified atom stereocenters. The summed E-state index contributed by atoms with van der Waals surface area (Å²) in [6.45, 7) is 0.282. The largest absolute Gasteiger partial charge is 0.495 e. The molecule has 0 radical (unpaired) electrons. The fraction of sp³-hybridized carbons (Fsp3) is 0.562. The Morgan fingerprint density at radius 1 is 1.43 bits per heavy atom. The molecule has 0 aromatic heterocycles. The van der Waals surface area contributed by atoms with E-state index in [1.807, 2.05) is 11.9 Å². The lowest BCUT2D eigenvalue weighted by Gasteiger charge is -2.34. The van der Waals surface area contributed by atoms with Crippen LogP contribution in [0.4, 0.5) is 0 Å². The molecular formula is C16H22ClNO3. The quantitative estimate of drug-likeness (QED) is 0.850. The maximum absolute atomic E-state index is 12.3. The second-order valence-corrected chi connectivity index (χ2v) is 6.01. The number of aliphatic hydroxyl groups excluding tert-OH is 1. The lowest BCUT2D eigenvalue weighted by molar-refractivity contribution is 0.0322. The van der Waals surface area contributed by atoms with E-state index in [4.69, 9.17) is 16.3 Å². The monoisotopic (exact) mass is 311 g/mol. The average Bonchev–Trinajstić information content (AvgIpc) is 2.47. The van der Waals surface area contributed by atoms with Gasteiger partial charge in [0, 0.05) is 11.6 Å². The van der Waals surface area contributed by atoms with E-state index in [2.05, 4.69) is 0 Å². The number of likely N-dealkylation sites (N-methyl/N-ethyl adjacent to an activating group) is 1. The van der Waals surface area contributed by atoms with E-state index in [1.165, 1.54) is 0 Å². The van der Waals surface area contributed by atoms with Gasteiger partial charge in [0.05, 0.1) is 24.8 Å². The molecule has 1 aliphatic carbocycles. The van der Waals surface area contributed by atoms with Gasteiger partial charge in [-0.3, -0.25) is 9.69 Å². The van der Waals surface area contributed by atoms with Gasteiger partial charge in [-0.05, 0) is 38.1 Å². The van der Waals surface area contributed by atoms with Crippen molar-refractivity contribution in [1.29, 1.82) is 0 Å². The number of Topliss-reactive ketones (excluding diaryl/α,β-unsaturated/α-hetero) is 1. The summed E-state index contributed by atoms with van der Waals surface area (Å²) in [4.78, 5) is 14.3. The molecule has 1 aliphatic rings. The number of ether oxygens (including phenoxy) is 1. The molecular weight excluding hydrogens is 290 g/mol. The van der Waals surface area contributed by atoms with Gasteiger partial charge in [-0.1, -0.05) is 24.4 Å². The lowest BCUT2D eigenvalue weighted by atomic mass is 9.91. The Morgan fingerprint density at radius 2 is 2.14 bits per heavy atom. The van der Waals surface area contributed by atoms with Crippen molar-refractivity contribution in [2.45, 2.75) is 37.8 Å². The summed E-state index contributed by atoms with van der Waals surface area (Å²) in [5, 5.41) is 10.5. The van der Waals surface area contributed by atoms with Crippen molar-refractivity contribution in [1.82, 2.24) is 4.90 Å². The second-order valence-electron chi connectivity index (χ2n) is 5.61. The number of ketones is 1. The fourth-order valence-electron chi connectivity index (χ4n) is 2.88. The van der Waals surface area contributed by atoms with E-state index in [1.54, 1.807) is 25.3 Å². The van der Waals surface area contributed by atoms with Crippen molar-refractivity contribution in [3.8, 4) is 5.75 Å². The Kier molecular flexibility index (Phi) is 5.62. The number of carbonyl (C=O) groups excluding carboxylic acids is 1. The smallest absolute Gasteiger partial charge is 0.176 e. The van der Waals surface area contributed by atoms with Crippen LogP contribution in [0, 0.1) is 0 Å². The highest BCUT2D eigenvalue weighted by Crippen LogP contribution is 2.26. The topological polar surface area (TPSA) is 49.8 Å². The van der Waals surface area contributed by atoms with Gasteiger partial charge in [0.1, 0.15) is 5.75 Å². The molecule has 1 saturated carbocycles. The van der Waals surface area contributed by atoms with Crippen LogP contribution in [0.15, 0.2) is 18.2 Å². The highest BCUT2D eigenvalue weighted by Gasteiger charge is 2.27. The van der Waals surface area contributed by atoms with Gasteiger partial charge in [0.15, 0.2) is 5.78 Å². The summed E-state index contributed by atoms with van der Waals surface area (Å²) in [6.07, 6.45) is 3.59. The molecule has 1 aromatic carbocycles. The number of nitrogens with zero attached hydrogens (tertiary/aromatic N) is 1. The first-order chi connectivity index (χ1) is 10.0. The van der Waals surface area contributed by atoms with E-state index in [9.17, 15) is 9.90 Å². The first-order valence-electron chi connectivity index (χ1n) is 7.28. The number of halogens is 1. The van der Waals surface area contributed by atoms with Crippen LogP contribution in [0.25, 0.3) is 0 Å². The fourth-order valence-corrected chi connectivity index (χ4v) is 3.14. The van der Waals surface area contributed by atoms with Gasteiger partial charge in [0.2, 0.25) is 0 Å². The van der Waals surface area contributed by atoms with Crippen LogP contribution in [-0.4, -0.2) is 48.6 Å². The lowest BCUT2D eigenvalue weighted by Crippen LogP contribution is -2.45. The van der Waals surface area contributed by atoms with Crippen molar-refractivity contribution < 1.29 is 14.6 Å². The summed E-state index contributed by atoms with van der Waals surface area (Å²) in [5.41, 5.74) is 0.568. The van der Waals surface area contributed by atoms with Crippen LogP contribution in [0.2, 0.25) is 5.02 Å². The minimum absolute atomic E-state index is 0.000161. The number of hydrogen-bond acceptors (Lipinski definition) is 4. The van der Waals surface area contributed by atoms with E-state index in [0.717, 1.165) is 25.7 Å². The Hall–Kier alpha value is -1.10. The molecule has 0 saturated heterocycles. The van der Waals surface area contributed by atoms with Crippen LogP contribution < -0.4 is 4.74 Å². The van der Waals surface area contributed by atoms with Gasteiger partial charge in [0.25, 0.3) is 0 Å². The van der Waals surface area contributed by atoms with Crippen molar-refractivity contribution in [3.63, 3.8) is 0 Å². The standard InChI is InChI=1S/C16H22ClNO3/c1-18(13-5-3-4-6-14(13)19)10-15(20)11-7-8-16(21-2)12(17)9-11/h7-9,13-14,19H,3-6,10H2,1-2H3. The Balaban J connectivity index is 2.01. The molecule has 0 heterocycles. The number of aliphatic hydroxyl groups is 1. The normalized spacial score (nSPS) is 22.3. The van der Waals surface area contributed by atoms with Crippen molar-refractivity contribution in [3.05, 3.63) is 28.8 Å². The molecule has 0 spiro atoms. The highest BCUT2D eigenvalue weighted by atomic mass is 35.5. The Labute approximate surface area is 130 Å². The van der Waals surface area contributed by atoms with Gasteiger partial charge < -0.3 is 9.84 Å². The summed E-state index contributed by atoms with van der Waals surface area (Å²) in [5.74, 6) is 0.559. The van der Waals surface area contributed by atoms with Gasteiger partial charge in [-0.15, -0.1) is 0 Å². The third-order valence-corrected chi connectivity index (χ3v) is 4.42. The molecule has 21 heavy (non-hydrogen) atoms. The summed E-state index contributed by atoms with van der Waals surface area (Å²) >= 11 is 6.05. The third-order valence-electron chi connectivity index (χ3n) is 4.13. The zero-order chi connectivity index (χ0) is 15.4. The Bertz CT molecular complexity index is 506. The van der Waals surface area contributed by atoms with Crippen LogP contribution in [0.1, 0.15) is 36.0 Å². The number of carbonyl (C=O) groups is 1. The number of methoxy groups -OCH3 is 1. The molecule has 1 fully saturated rings. The van der Waals surface area contributed by atoms with Crippen LogP contribution in [0.5, 0.6) is 5.75 Å². The van der Waals surface area contributed by atoms with Gasteiger partial charge in [-0.25, -0.2) is 0 Å². The predicted molar refractivity (Wildman–Crippen MR) is 83.2 cm³/mol. The molecule has 5 heteroatoms.